The number of carbonyl (C=O) groups excluding carboxylic acids is 1. The summed E-state index contributed by atoms with van der Waals surface area (Å²) < 4.78 is 0. The van der Waals surface area contributed by atoms with E-state index in [9.17, 15) is 9.59 Å². The first-order valence-electron chi connectivity index (χ1n) is 5.72. The molecule has 0 unspecified atom stereocenters. The third-order valence-corrected chi connectivity index (χ3v) is 3.52. The molecule has 0 aliphatic heterocycles. The van der Waals surface area contributed by atoms with Crippen molar-refractivity contribution < 1.29 is 14.7 Å². The highest BCUT2D eigenvalue weighted by molar-refractivity contribution is 7.12. The molecular weight excluding hydrogens is 262 g/mol. The maximum atomic E-state index is 11.8. The number of hydrogen-bond acceptors (Lipinski definition) is 3. The van der Waals surface area contributed by atoms with E-state index >= 15 is 0 Å². The lowest BCUT2D eigenvalue weighted by molar-refractivity contribution is -0.115. The topological polar surface area (TPSA) is 66.4 Å². The maximum Gasteiger partial charge on any atom is 0.348 e. The van der Waals surface area contributed by atoms with Gasteiger partial charge in [0.15, 0.2) is 0 Å². The molecular formula is C14H13NO3S. The van der Waals surface area contributed by atoms with Crippen molar-refractivity contribution in [3.63, 3.8) is 0 Å². The predicted octanol–water partition coefficient (Wildman–Crippen LogP) is 2.94. The fourth-order valence-corrected chi connectivity index (χ4v) is 2.35. The molecule has 1 aromatic carbocycles. The average Bonchev–Trinajstić information content (AvgIpc) is 2.80. The number of hydrogen-bond donors (Lipinski definition) is 2. The number of thiophene rings is 1. The molecule has 0 aliphatic carbocycles. The Kier molecular flexibility index (Phi) is 3.97. The van der Waals surface area contributed by atoms with Crippen LogP contribution in [-0.4, -0.2) is 17.0 Å². The Morgan fingerprint density at radius 3 is 2.53 bits per heavy atom. The number of benzene rings is 1. The lowest BCUT2D eigenvalue weighted by Gasteiger charge is -2.05. The van der Waals surface area contributed by atoms with Gasteiger partial charge in [0.25, 0.3) is 0 Å². The second-order valence-electron chi connectivity index (χ2n) is 4.18. The SMILES string of the molecule is Cc1ccc(CC(=O)Nc2ccsc2C(=O)O)cc1. The van der Waals surface area contributed by atoms with Crippen LogP contribution in [0.15, 0.2) is 35.7 Å². The van der Waals surface area contributed by atoms with E-state index in [2.05, 4.69) is 5.32 Å². The van der Waals surface area contributed by atoms with E-state index in [1.807, 2.05) is 31.2 Å². The largest absolute Gasteiger partial charge is 0.477 e. The first-order valence-corrected chi connectivity index (χ1v) is 6.60. The summed E-state index contributed by atoms with van der Waals surface area (Å²) in [5.74, 6) is -1.25. The van der Waals surface area contributed by atoms with E-state index in [0.29, 0.717) is 5.69 Å². The Balaban J connectivity index is 2.03. The number of anilines is 1. The Morgan fingerprint density at radius 2 is 1.89 bits per heavy atom. The highest BCUT2D eigenvalue weighted by Gasteiger charge is 2.13. The number of rotatable bonds is 4. The lowest BCUT2D eigenvalue weighted by Crippen LogP contribution is -2.15. The van der Waals surface area contributed by atoms with Crippen LogP contribution in [0.1, 0.15) is 20.8 Å². The Bertz CT molecular complexity index is 601. The van der Waals surface area contributed by atoms with E-state index in [0.717, 1.165) is 22.5 Å². The summed E-state index contributed by atoms with van der Waals surface area (Å²) in [5.41, 5.74) is 2.39. The summed E-state index contributed by atoms with van der Waals surface area (Å²) in [7, 11) is 0. The van der Waals surface area contributed by atoms with Crippen LogP contribution < -0.4 is 5.32 Å². The highest BCUT2D eigenvalue weighted by Crippen LogP contribution is 2.22. The van der Waals surface area contributed by atoms with Gasteiger partial charge in [0.2, 0.25) is 5.91 Å². The van der Waals surface area contributed by atoms with Crippen molar-refractivity contribution in [1.29, 1.82) is 0 Å². The van der Waals surface area contributed by atoms with Gasteiger partial charge >= 0.3 is 5.97 Å². The van der Waals surface area contributed by atoms with Crippen molar-refractivity contribution in [1.82, 2.24) is 0 Å². The number of amides is 1. The first-order chi connectivity index (χ1) is 9.06. The van der Waals surface area contributed by atoms with Crippen LogP contribution in [0.25, 0.3) is 0 Å². The number of carboxylic acids is 1. The summed E-state index contributed by atoms with van der Waals surface area (Å²) >= 11 is 1.09. The molecule has 19 heavy (non-hydrogen) atoms. The molecule has 2 rings (SSSR count). The summed E-state index contributed by atoms with van der Waals surface area (Å²) in [6.07, 6.45) is 0.231. The normalized spacial score (nSPS) is 10.2. The molecule has 1 amide bonds. The van der Waals surface area contributed by atoms with Crippen molar-refractivity contribution in [3.8, 4) is 0 Å². The summed E-state index contributed by atoms with van der Waals surface area (Å²) in [6.45, 7) is 1.98. The minimum absolute atomic E-state index is 0.150. The molecule has 4 nitrogen and oxygen atoms in total. The standard InChI is InChI=1S/C14H13NO3S/c1-9-2-4-10(5-3-9)8-12(16)15-11-6-7-19-13(11)14(17)18/h2-7H,8H2,1H3,(H,15,16)(H,17,18). The van der Waals surface area contributed by atoms with Crippen molar-refractivity contribution in [2.75, 3.05) is 5.32 Å². The van der Waals surface area contributed by atoms with E-state index < -0.39 is 5.97 Å². The van der Waals surface area contributed by atoms with Crippen LogP contribution in [-0.2, 0) is 11.2 Å². The van der Waals surface area contributed by atoms with Gasteiger partial charge in [0.05, 0.1) is 12.1 Å². The second kappa shape index (κ2) is 5.67. The predicted molar refractivity (Wildman–Crippen MR) is 74.8 cm³/mol. The van der Waals surface area contributed by atoms with Crippen molar-refractivity contribution >= 4 is 28.9 Å². The summed E-state index contributed by atoms with van der Waals surface area (Å²) in [6, 6.07) is 9.26. The van der Waals surface area contributed by atoms with Crippen LogP contribution in [0.2, 0.25) is 0 Å². The quantitative estimate of drug-likeness (QED) is 0.901. The third kappa shape index (κ3) is 3.42. The van der Waals surface area contributed by atoms with Crippen LogP contribution >= 0.6 is 11.3 Å². The maximum absolute atomic E-state index is 11.8. The van der Waals surface area contributed by atoms with Gasteiger partial charge in [-0.25, -0.2) is 4.79 Å². The molecule has 98 valence electrons. The first kappa shape index (κ1) is 13.3. The Labute approximate surface area is 114 Å². The monoisotopic (exact) mass is 275 g/mol. The molecule has 0 bridgehead atoms. The van der Waals surface area contributed by atoms with Gasteiger partial charge in [0, 0.05) is 0 Å². The summed E-state index contributed by atoms with van der Waals surface area (Å²) in [4.78, 5) is 22.9. The average molecular weight is 275 g/mol. The van der Waals surface area contributed by atoms with Gasteiger partial charge in [-0.3, -0.25) is 4.79 Å². The smallest absolute Gasteiger partial charge is 0.348 e. The Hall–Kier alpha value is -2.14. The van der Waals surface area contributed by atoms with Crippen LogP contribution in [0.4, 0.5) is 5.69 Å². The van der Waals surface area contributed by atoms with Gasteiger partial charge in [0.1, 0.15) is 4.88 Å². The lowest BCUT2D eigenvalue weighted by atomic mass is 10.1. The zero-order chi connectivity index (χ0) is 13.8. The van der Waals surface area contributed by atoms with E-state index in [4.69, 9.17) is 5.11 Å². The summed E-state index contributed by atoms with van der Waals surface area (Å²) in [5, 5.41) is 13.2. The van der Waals surface area contributed by atoms with Crippen LogP contribution in [0.5, 0.6) is 0 Å². The number of aryl methyl sites for hydroxylation is 1. The molecule has 2 N–H and O–H groups in total. The molecule has 2 aromatic rings. The van der Waals surface area contributed by atoms with Crippen LogP contribution in [0, 0.1) is 6.92 Å². The number of carbonyl (C=O) groups is 2. The molecule has 0 fully saturated rings. The van der Waals surface area contributed by atoms with Crippen molar-refractivity contribution in [2.24, 2.45) is 0 Å². The molecule has 0 aliphatic rings. The molecule has 0 saturated carbocycles. The minimum Gasteiger partial charge on any atom is -0.477 e. The minimum atomic E-state index is -1.03. The molecule has 0 radical (unpaired) electrons. The fourth-order valence-electron chi connectivity index (χ4n) is 1.66. The second-order valence-corrected chi connectivity index (χ2v) is 5.10. The number of aromatic carboxylic acids is 1. The zero-order valence-electron chi connectivity index (χ0n) is 10.3. The van der Waals surface area contributed by atoms with Gasteiger partial charge in [-0.15, -0.1) is 11.3 Å². The van der Waals surface area contributed by atoms with E-state index in [1.54, 1.807) is 11.4 Å². The zero-order valence-corrected chi connectivity index (χ0v) is 11.2. The molecule has 1 aromatic heterocycles. The van der Waals surface area contributed by atoms with Crippen molar-refractivity contribution in [3.05, 3.63) is 51.7 Å². The number of carboxylic acid groups (broad SMARTS) is 1. The Morgan fingerprint density at radius 1 is 1.21 bits per heavy atom. The van der Waals surface area contributed by atoms with Gasteiger partial charge in [-0.05, 0) is 23.9 Å². The highest BCUT2D eigenvalue weighted by atomic mass is 32.1. The third-order valence-electron chi connectivity index (χ3n) is 2.62. The molecule has 5 heteroatoms. The van der Waals surface area contributed by atoms with Crippen molar-refractivity contribution in [2.45, 2.75) is 13.3 Å². The number of nitrogens with one attached hydrogen (secondary N) is 1. The van der Waals surface area contributed by atoms with Crippen LogP contribution in [0.3, 0.4) is 0 Å². The molecule has 1 heterocycles. The van der Waals surface area contributed by atoms with Gasteiger partial charge in [-0.1, -0.05) is 29.8 Å². The fraction of sp³-hybridized carbons (Fsp3) is 0.143. The van der Waals surface area contributed by atoms with E-state index in [1.165, 1.54) is 0 Å². The van der Waals surface area contributed by atoms with Gasteiger partial charge < -0.3 is 10.4 Å². The van der Waals surface area contributed by atoms with E-state index in [-0.39, 0.29) is 17.2 Å². The van der Waals surface area contributed by atoms with Gasteiger partial charge in [-0.2, -0.15) is 0 Å². The molecule has 0 saturated heterocycles. The molecule has 0 atom stereocenters. The molecule has 0 spiro atoms.